The molecule has 0 aromatic heterocycles. The number of hydrogen-bond acceptors (Lipinski definition) is 4. The van der Waals surface area contributed by atoms with E-state index in [-0.39, 0.29) is 17.1 Å². The second-order valence-electron chi connectivity index (χ2n) is 3.27. The van der Waals surface area contributed by atoms with Gasteiger partial charge < -0.3 is 70.9 Å². The van der Waals surface area contributed by atoms with E-state index in [1.54, 1.807) is 7.11 Å². The van der Waals surface area contributed by atoms with Gasteiger partial charge >= 0.3 is 38.8 Å². The number of carbonyl (C=O) groups is 3. The van der Waals surface area contributed by atoms with Gasteiger partial charge in [0.1, 0.15) is 26.1 Å². The van der Waals surface area contributed by atoms with E-state index in [1.165, 1.54) is 0 Å². The summed E-state index contributed by atoms with van der Waals surface area (Å²) in [6.07, 6.45) is 8.51. The zero-order valence-electron chi connectivity index (χ0n) is 15.0. The first-order valence-corrected chi connectivity index (χ1v) is 6.32. The van der Waals surface area contributed by atoms with E-state index >= 15 is 0 Å². The van der Waals surface area contributed by atoms with E-state index in [1.807, 2.05) is 26.4 Å². The Labute approximate surface area is 174 Å². The van der Waals surface area contributed by atoms with Crippen molar-refractivity contribution in [1.29, 1.82) is 0 Å². The molecule has 0 saturated carbocycles. The van der Waals surface area contributed by atoms with Gasteiger partial charge in [0.05, 0.1) is 7.11 Å². The molecule has 0 aliphatic heterocycles. The van der Waals surface area contributed by atoms with E-state index in [2.05, 4.69) is 12.2 Å². The van der Waals surface area contributed by atoms with Crippen LogP contribution in [0.3, 0.4) is 0 Å². The van der Waals surface area contributed by atoms with Crippen molar-refractivity contribution in [2.24, 2.45) is 0 Å². The van der Waals surface area contributed by atoms with Crippen molar-refractivity contribution in [3.8, 4) is 0 Å². The van der Waals surface area contributed by atoms with Crippen molar-refractivity contribution in [2.45, 2.75) is 12.8 Å². The standard InChI is InChI=1S/C7H10O.3CH2O.3BF4.Fe/c1-8-7-5-3-2-4-6-7;3*1-2;3*2-1(3,4)5;/h3,5-6H,2,4H2,1H3;3*1H2;;;;/q;;;;3*-1;+3. The summed E-state index contributed by atoms with van der Waals surface area (Å²) >= 11 is 0. The van der Waals surface area contributed by atoms with Crippen molar-refractivity contribution >= 4 is 42.1 Å². The zero-order valence-corrected chi connectivity index (χ0v) is 16.1. The molecule has 4 nitrogen and oxygen atoms in total. The monoisotopic (exact) mass is 517 g/mol. The molecule has 30 heavy (non-hydrogen) atoms. The van der Waals surface area contributed by atoms with E-state index in [0.29, 0.717) is 0 Å². The number of rotatable bonds is 1. The molecule has 0 spiro atoms. The van der Waals surface area contributed by atoms with Gasteiger partial charge in [-0.05, 0) is 25.0 Å². The summed E-state index contributed by atoms with van der Waals surface area (Å²) in [5.41, 5.74) is 0. The molecule has 1 aliphatic carbocycles. The summed E-state index contributed by atoms with van der Waals surface area (Å²) in [5.74, 6) is 0.997. The summed E-state index contributed by atoms with van der Waals surface area (Å²) in [5, 5.41) is 0. The number of ether oxygens (including phenoxy) is 1. The molecule has 20 heteroatoms. The molecule has 1 rings (SSSR count). The van der Waals surface area contributed by atoms with Crippen LogP contribution in [0.4, 0.5) is 51.8 Å². The molecule has 0 N–H and O–H groups in total. The Balaban J connectivity index is -0.0000000437. The SMILES string of the molecule is C=O.C=O.C=O.COC1=CCCC=C1.F[B-](F)(F)F.F[B-](F)(F)F.F[B-](F)(F)F.[Fe+3]. The van der Waals surface area contributed by atoms with E-state index < -0.39 is 21.8 Å². The van der Waals surface area contributed by atoms with Gasteiger partial charge in [0, 0.05) is 0 Å². The van der Waals surface area contributed by atoms with Crippen LogP contribution in [0, 0.1) is 0 Å². The minimum absolute atomic E-state index is 0. The van der Waals surface area contributed by atoms with Crippen molar-refractivity contribution in [2.75, 3.05) is 7.11 Å². The summed E-state index contributed by atoms with van der Waals surface area (Å²) in [6.45, 7) is 6.00. The van der Waals surface area contributed by atoms with Gasteiger partial charge in [-0.15, -0.1) is 0 Å². The maximum absolute atomic E-state index is 9.75. The minimum Gasteiger partial charge on any atom is -0.497 e. The number of hydrogen-bond donors (Lipinski definition) is 0. The molecular formula is C10H16B3F12FeO4. The molecule has 0 heterocycles. The molecule has 1 aliphatic rings. The largest absolute Gasteiger partial charge is 3.00 e. The quantitative estimate of drug-likeness (QED) is 0.355. The average Bonchev–Trinajstić information content (AvgIpc) is 2.57. The van der Waals surface area contributed by atoms with Gasteiger partial charge in [-0.1, -0.05) is 6.08 Å². The fourth-order valence-electron chi connectivity index (χ4n) is 0.741. The molecule has 0 amide bonds. The van der Waals surface area contributed by atoms with Crippen LogP contribution in [-0.2, 0) is 36.2 Å². The third-order valence-electron chi connectivity index (χ3n) is 1.20. The van der Waals surface area contributed by atoms with Gasteiger partial charge in [-0.25, -0.2) is 0 Å². The second kappa shape index (κ2) is 29.4. The van der Waals surface area contributed by atoms with Crippen LogP contribution < -0.4 is 0 Å². The molecule has 0 aromatic carbocycles. The van der Waals surface area contributed by atoms with Gasteiger partial charge in [0.15, 0.2) is 0 Å². The van der Waals surface area contributed by atoms with E-state index in [4.69, 9.17) is 19.1 Å². The molecule has 0 bridgehead atoms. The van der Waals surface area contributed by atoms with Gasteiger partial charge in [-0.3, -0.25) is 0 Å². The predicted molar refractivity (Wildman–Crippen MR) is 85.4 cm³/mol. The molecule has 181 valence electrons. The fraction of sp³-hybridized carbons (Fsp3) is 0.300. The Bertz CT molecular complexity index is 354. The first-order valence-electron chi connectivity index (χ1n) is 6.32. The molecule has 1 radical (unpaired) electrons. The summed E-state index contributed by atoms with van der Waals surface area (Å²) in [4.78, 5) is 24.0. The smallest absolute Gasteiger partial charge is 0.497 e. The zero-order chi connectivity index (χ0) is 25.3. The summed E-state index contributed by atoms with van der Waals surface area (Å²) in [6, 6.07) is 0. The third-order valence-corrected chi connectivity index (χ3v) is 1.20. The van der Waals surface area contributed by atoms with Crippen molar-refractivity contribution in [3.05, 3.63) is 24.0 Å². The number of allylic oxidation sites excluding steroid dienone is 3. The second-order valence-corrected chi connectivity index (χ2v) is 3.27. The number of methoxy groups -OCH3 is 1. The van der Waals surface area contributed by atoms with Crippen molar-refractivity contribution in [3.63, 3.8) is 0 Å². The van der Waals surface area contributed by atoms with Crippen LogP contribution in [0.5, 0.6) is 0 Å². The maximum Gasteiger partial charge on any atom is 3.00 e. The first-order chi connectivity index (χ1) is 12.9. The number of halogens is 12. The molecule has 0 atom stereocenters. The van der Waals surface area contributed by atoms with Gasteiger partial charge in [0.25, 0.3) is 0 Å². The summed E-state index contributed by atoms with van der Waals surface area (Å²) < 4.78 is 122. The Kier molecular flexibility index (Phi) is 45.4. The van der Waals surface area contributed by atoms with Crippen LogP contribution in [0.15, 0.2) is 24.0 Å². The number of carbonyl (C=O) groups excluding carboxylic acids is 3. The van der Waals surface area contributed by atoms with Gasteiger partial charge in [0.2, 0.25) is 0 Å². The predicted octanol–water partition coefficient (Wildman–Crippen LogP) is 5.21. The molecule has 0 aromatic rings. The minimum atomic E-state index is -6.00. The van der Waals surface area contributed by atoms with E-state index in [9.17, 15) is 51.8 Å². The Morgan fingerprint density at radius 1 is 0.667 bits per heavy atom. The molecule has 0 unspecified atom stereocenters. The fourth-order valence-corrected chi connectivity index (χ4v) is 0.741. The Morgan fingerprint density at radius 3 is 1.00 bits per heavy atom. The molecule has 0 fully saturated rings. The van der Waals surface area contributed by atoms with Crippen LogP contribution in [0.25, 0.3) is 0 Å². The average molecular weight is 516 g/mol. The first kappa shape index (κ1) is 46.4. The van der Waals surface area contributed by atoms with Crippen molar-refractivity contribution < 1.29 is 88.0 Å². The Hall–Kier alpha value is -1.84. The maximum atomic E-state index is 9.75. The van der Waals surface area contributed by atoms with Gasteiger partial charge in [-0.2, -0.15) is 0 Å². The molecule has 0 saturated heterocycles. The van der Waals surface area contributed by atoms with Crippen molar-refractivity contribution in [1.82, 2.24) is 0 Å². The third kappa shape index (κ3) is 249. The Morgan fingerprint density at radius 2 is 0.900 bits per heavy atom. The topological polar surface area (TPSA) is 60.4 Å². The molecular weight excluding hydrogens is 500 g/mol. The van der Waals surface area contributed by atoms with E-state index in [0.717, 1.165) is 18.6 Å². The van der Waals surface area contributed by atoms with Crippen LogP contribution >= 0.6 is 0 Å². The van der Waals surface area contributed by atoms with Crippen LogP contribution in [-0.4, -0.2) is 49.2 Å². The summed E-state index contributed by atoms with van der Waals surface area (Å²) in [7, 11) is -16.3. The van der Waals surface area contributed by atoms with Crippen LogP contribution in [0.1, 0.15) is 12.8 Å². The normalized spacial score (nSPS) is 11.2. The van der Waals surface area contributed by atoms with Crippen LogP contribution in [0.2, 0.25) is 0 Å².